The Kier molecular flexibility index (Phi) is 4.61. The molecule has 2 rings (SSSR count). The van der Waals surface area contributed by atoms with Crippen molar-refractivity contribution in [2.24, 2.45) is 11.8 Å². The van der Waals surface area contributed by atoms with Crippen molar-refractivity contribution in [1.29, 1.82) is 0 Å². The van der Waals surface area contributed by atoms with Crippen LogP contribution in [0.4, 0.5) is 5.69 Å². The molecule has 1 aliphatic carbocycles. The SMILES string of the molecule is CC(CNCC(=O)Nc1ccc(Cl)cc1)C1CC1. The maximum Gasteiger partial charge on any atom is 0.238 e. The van der Waals surface area contributed by atoms with Gasteiger partial charge in [0, 0.05) is 10.7 Å². The molecule has 0 heterocycles. The summed E-state index contributed by atoms with van der Waals surface area (Å²) in [7, 11) is 0. The molecule has 0 bridgehead atoms. The molecular weight excluding hydrogens is 248 g/mol. The third kappa shape index (κ3) is 4.31. The standard InChI is InChI=1S/C14H19ClN2O/c1-10(11-2-3-11)8-16-9-14(18)17-13-6-4-12(15)5-7-13/h4-7,10-11,16H,2-3,8-9H2,1H3,(H,17,18). The average molecular weight is 267 g/mol. The molecule has 1 aromatic carbocycles. The van der Waals surface area contributed by atoms with Gasteiger partial charge < -0.3 is 10.6 Å². The summed E-state index contributed by atoms with van der Waals surface area (Å²) < 4.78 is 0. The highest BCUT2D eigenvalue weighted by Gasteiger charge is 2.27. The summed E-state index contributed by atoms with van der Waals surface area (Å²) in [6.45, 7) is 3.51. The Bertz CT molecular complexity index is 401. The van der Waals surface area contributed by atoms with Gasteiger partial charge in [0.05, 0.1) is 6.54 Å². The lowest BCUT2D eigenvalue weighted by atomic mass is 10.1. The fourth-order valence-electron chi connectivity index (χ4n) is 1.98. The Morgan fingerprint density at radius 3 is 2.67 bits per heavy atom. The van der Waals surface area contributed by atoms with Crippen molar-refractivity contribution in [1.82, 2.24) is 5.32 Å². The number of carbonyl (C=O) groups is 1. The molecule has 1 amide bonds. The molecule has 2 N–H and O–H groups in total. The van der Waals surface area contributed by atoms with E-state index >= 15 is 0 Å². The van der Waals surface area contributed by atoms with Crippen molar-refractivity contribution in [2.75, 3.05) is 18.4 Å². The lowest BCUT2D eigenvalue weighted by molar-refractivity contribution is -0.115. The van der Waals surface area contributed by atoms with E-state index < -0.39 is 0 Å². The molecule has 0 aliphatic heterocycles. The quantitative estimate of drug-likeness (QED) is 0.831. The van der Waals surface area contributed by atoms with Crippen LogP contribution in [-0.4, -0.2) is 19.0 Å². The number of carbonyl (C=O) groups excluding carboxylic acids is 1. The van der Waals surface area contributed by atoms with E-state index in [0.717, 1.165) is 18.2 Å². The molecule has 1 unspecified atom stereocenters. The monoisotopic (exact) mass is 266 g/mol. The van der Waals surface area contributed by atoms with Crippen molar-refractivity contribution in [3.63, 3.8) is 0 Å². The first-order valence-electron chi connectivity index (χ1n) is 6.41. The van der Waals surface area contributed by atoms with E-state index in [1.807, 2.05) is 0 Å². The van der Waals surface area contributed by atoms with Gasteiger partial charge >= 0.3 is 0 Å². The van der Waals surface area contributed by atoms with Gasteiger partial charge in [-0.3, -0.25) is 4.79 Å². The Morgan fingerprint density at radius 1 is 1.39 bits per heavy atom. The molecule has 0 saturated heterocycles. The summed E-state index contributed by atoms with van der Waals surface area (Å²) in [4.78, 5) is 11.7. The fraction of sp³-hybridized carbons (Fsp3) is 0.500. The second-order valence-electron chi connectivity index (χ2n) is 5.00. The lowest BCUT2D eigenvalue weighted by Crippen LogP contribution is -2.31. The number of nitrogens with one attached hydrogen (secondary N) is 2. The molecule has 98 valence electrons. The highest BCUT2D eigenvalue weighted by atomic mass is 35.5. The number of amides is 1. The van der Waals surface area contributed by atoms with Crippen LogP contribution in [0, 0.1) is 11.8 Å². The van der Waals surface area contributed by atoms with Crippen LogP contribution in [0.1, 0.15) is 19.8 Å². The Hall–Kier alpha value is -1.06. The molecule has 0 aromatic heterocycles. The van der Waals surface area contributed by atoms with Crippen LogP contribution in [-0.2, 0) is 4.79 Å². The zero-order chi connectivity index (χ0) is 13.0. The number of rotatable bonds is 6. The van der Waals surface area contributed by atoms with Gasteiger partial charge in [0.25, 0.3) is 0 Å². The van der Waals surface area contributed by atoms with E-state index in [9.17, 15) is 4.79 Å². The van der Waals surface area contributed by atoms with E-state index in [4.69, 9.17) is 11.6 Å². The molecular formula is C14H19ClN2O. The first-order valence-corrected chi connectivity index (χ1v) is 6.79. The number of benzene rings is 1. The van der Waals surface area contributed by atoms with E-state index in [1.165, 1.54) is 12.8 Å². The topological polar surface area (TPSA) is 41.1 Å². The van der Waals surface area contributed by atoms with Gasteiger partial charge in [0.15, 0.2) is 0 Å². The molecule has 0 radical (unpaired) electrons. The van der Waals surface area contributed by atoms with Crippen LogP contribution >= 0.6 is 11.6 Å². The fourth-order valence-corrected chi connectivity index (χ4v) is 2.11. The van der Waals surface area contributed by atoms with Gasteiger partial charge in [0.2, 0.25) is 5.91 Å². The van der Waals surface area contributed by atoms with E-state index in [1.54, 1.807) is 24.3 Å². The maximum absolute atomic E-state index is 11.7. The van der Waals surface area contributed by atoms with Gasteiger partial charge in [-0.05, 0) is 55.5 Å². The zero-order valence-electron chi connectivity index (χ0n) is 10.6. The highest BCUT2D eigenvalue weighted by molar-refractivity contribution is 6.30. The molecule has 1 atom stereocenters. The van der Waals surface area contributed by atoms with Crippen LogP contribution in [0.15, 0.2) is 24.3 Å². The van der Waals surface area contributed by atoms with Crippen molar-refractivity contribution >= 4 is 23.2 Å². The predicted molar refractivity (Wildman–Crippen MR) is 74.8 cm³/mol. The summed E-state index contributed by atoms with van der Waals surface area (Å²) in [5.74, 6) is 1.53. The second-order valence-corrected chi connectivity index (χ2v) is 5.44. The van der Waals surface area contributed by atoms with Gasteiger partial charge in [-0.2, -0.15) is 0 Å². The second kappa shape index (κ2) is 6.21. The van der Waals surface area contributed by atoms with Gasteiger partial charge in [-0.1, -0.05) is 18.5 Å². The van der Waals surface area contributed by atoms with Crippen LogP contribution in [0.25, 0.3) is 0 Å². The maximum atomic E-state index is 11.7. The van der Waals surface area contributed by atoms with Crippen molar-refractivity contribution in [3.8, 4) is 0 Å². The minimum absolute atomic E-state index is 0.0136. The van der Waals surface area contributed by atoms with Crippen molar-refractivity contribution in [3.05, 3.63) is 29.3 Å². The molecule has 3 nitrogen and oxygen atoms in total. The van der Waals surface area contributed by atoms with Gasteiger partial charge in [-0.15, -0.1) is 0 Å². The van der Waals surface area contributed by atoms with E-state index in [0.29, 0.717) is 17.5 Å². The normalized spacial score (nSPS) is 16.3. The summed E-state index contributed by atoms with van der Waals surface area (Å²) >= 11 is 5.78. The minimum atomic E-state index is -0.0136. The highest BCUT2D eigenvalue weighted by Crippen LogP contribution is 2.35. The van der Waals surface area contributed by atoms with Crippen LogP contribution in [0.2, 0.25) is 5.02 Å². The largest absolute Gasteiger partial charge is 0.325 e. The van der Waals surface area contributed by atoms with Crippen LogP contribution in [0.3, 0.4) is 0 Å². The Labute approximate surface area is 113 Å². The number of hydrogen-bond acceptors (Lipinski definition) is 2. The first-order chi connectivity index (χ1) is 8.65. The van der Waals surface area contributed by atoms with E-state index in [2.05, 4.69) is 17.6 Å². The molecule has 1 aliphatic rings. The average Bonchev–Trinajstić information content (AvgIpc) is 3.16. The number of hydrogen-bond donors (Lipinski definition) is 2. The summed E-state index contributed by atoms with van der Waals surface area (Å²) in [5, 5.41) is 6.70. The minimum Gasteiger partial charge on any atom is -0.325 e. The first kappa shape index (κ1) is 13.4. The lowest BCUT2D eigenvalue weighted by Gasteiger charge is -2.11. The van der Waals surface area contributed by atoms with E-state index in [-0.39, 0.29) is 5.91 Å². The molecule has 1 aromatic rings. The Morgan fingerprint density at radius 2 is 2.06 bits per heavy atom. The zero-order valence-corrected chi connectivity index (χ0v) is 11.3. The van der Waals surface area contributed by atoms with Crippen molar-refractivity contribution in [2.45, 2.75) is 19.8 Å². The predicted octanol–water partition coefficient (Wildman–Crippen LogP) is 2.91. The number of halogens is 1. The molecule has 0 spiro atoms. The van der Waals surface area contributed by atoms with Crippen LogP contribution < -0.4 is 10.6 Å². The summed E-state index contributed by atoms with van der Waals surface area (Å²) in [6, 6.07) is 7.12. The van der Waals surface area contributed by atoms with Crippen LogP contribution in [0.5, 0.6) is 0 Å². The Balaban J connectivity index is 1.66. The molecule has 1 fully saturated rings. The third-order valence-electron chi connectivity index (χ3n) is 3.31. The molecule has 18 heavy (non-hydrogen) atoms. The van der Waals surface area contributed by atoms with Gasteiger partial charge in [-0.25, -0.2) is 0 Å². The smallest absolute Gasteiger partial charge is 0.238 e. The summed E-state index contributed by atoms with van der Waals surface area (Å²) in [5.41, 5.74) is 0.779. The van der Waals surface area contributed by atoms with Gasteiger partial charge in [0.1, 0.15) is 0 Å². The molecule has 1 saturated carbocycles. The number of anilines is 1. The van der Waals surface area contributed by atoms with Crippen molar-refractivity contribution < 1.29 is 4.79 Å². The molecule has 4 heteroatoms. The summed E-state index contributed by atoms with van der Waals surface area (Å²) in [6.07, 6.45) is 2.69. The third-order valence-corrected chi connectivity index (χ3v) is 3.56.